The minimum absolute atomic E-state index is 0.509. The van der Waals surface area contributed by atoms with E-state index in [9.17, 15) is 5.11 Å². The lowest BCUT2D eigenvalue weighted by Crippen LogP contribution is -2.03. The molecule has 0 radical (unpaired) electrons. The summed E-state index contributed by atoms with van der Waals surface area (Å²) in [5.74, 6) is 0. The molecule has 2 nitrogen and oxygen atoms in total. The minimum atomic E-state index is -0.549. The summed E-state index contributed by atoms with van der Waals surface area (Å²) in [5.41, 5.74) is 1.79. The number of halogens is 2. The normalized spacial score (nSPS) is 12.5. The molecule has 1 atom stereocenters. The topological polar surface area (TPSA) is 33.1 Å². The Kier molecular flexibility index (Phi) is 4.38. The lowest BCUT2D eigenvalue weighted by Gasteiger charge is -2.12. The van der Waals surface area contributed by atoms with Crippen molar-refractivity contribution in [1.29, 1.82) is 0 Å². The first-order valence-corrected chi connectivity index (χ1v) is 8.18. The molecule has 2 aromatic carbocycles. The van der Waals surface area contributed by atoms with Crippen molar-refractivity contribution in [3.8, 4) is 0 Å². The van der Waals surface area contributed by atoms with E-state index in [0.717, 1.165) is 31.0 Å². The summed E-state index contributed by atoms with van der Waals surface area (Å²) in [7, 11) is 0. The molecule has 3 rings (SSSR count). The summed E-state index contributed by atoms with van der Waals surface area (Å²) in [5, 5.41) is 12.7. The molecule has 106 valence electrons. The fourth-order valence-electron chi connectivity index (χ4n) is 2.29. The van der Waals surface area contributed by atoms with Crippen LogP contribution in [-0.2, 0) is 6.42 Å². The van der Waals surface area contributed by atoms with Gasteiger partial charge in [0.25, 0.3) is 0 Å². The number of benzene rings is 2. The summed E-state index contributed by atoms with van der Waals surface area (Å²) in [6.07, 6.45) is 1.71. The largest absolute Gasteiger partial charge is 0.388 e. The fraction of sp³-hybridized carbons (Fsp3) is 0.118. The number of aliphatic hydroxyl groups excluding tert-OH is 1. The van der Waals surface area contributed by atoms with E-state index in [1.807, 2.05) is 42.5 Å². The van der Waals surface area contributed by atoms with Crippen molar-refractivity contribution in [2.45, 2.75) is 12.5 Å². The molecular weight excluding hydrogens is 394 g/mol. The van der Waals surface area contributed by atoms with Gasteiger partial charge in [-0.05, 0) is 62.6 Å². The number of aliphatic hydroxyl groups is 1. The van der Waals surface area contributed by atoms with Crippen molar-refractivity contribution < 1.29 is 5.11 Å². The average molecular weight is 407 g/mol. The van der Waals surface area contributed by atoms with Gasteiger partial charge in [0.1, 0.15) is 0 Å². The third kappa shape index (κ3) is 3.51. The lowest BCUT2D eigenvalue weighted by atomic mass is 10.0. The van der Waals surface area contributed by atoms with Crippen LogP contribution in [0.15, 0.2) is 63.7 Å². The van der Waals surface area contributed by atoms with Crippen LogP contribution in [0.1, 0.15) is 17.4 Å². The summed E-state index contributed by atoms with van der Waals surface area (Å²) >= 11 is 6.83. The van der Waals surface area contributed by atoms with E-state index in [0.29, 0.717) is 6.42 Å². The van der Waals surface area contributed by atoms with Crippen LogP contribution in [0.3, 0.4) is 0 Å². The third-order valence-corrected chi connectivity index (χ3v) is 4.36. The first-order valence-electron chi connectivity index (χ1n) is 6.59. The van der Waals surface area contributed by atoms with Crippen molar-refractivity contribution >= 4 is 42.6 Å². The maximum absolute atomic E-state index is 10.4. The SMILES string of the molecule is OC(Cc1ccc(Br)cn1)c1ccc2cc(Br)ccc2c1. The second-order valence-electron chi connectivity index (χ2n) is 4.94. The van der Waals surface area contributed by atoms with Gasteiger partial charge in [0, 0.05) is 27.3 Å². The number of fused-ring (bicyclic) bond motifs is 1. The number of nitrogens with zero attached hydrogens (tertiary/aromatic N) is 1. The Balaban J connectivity index is 1.85. The molecule has 0 aliphatic heterocycles. The van der Waals surface area contributed by atoms with Crippen LogP contribution in [0, 0.1) is 0 Å². The van der Waals surface area contributed by atoms with Crippen LogP contribution < -0.4 is 0 Å². The van der Waals surface area contributed by atoms with Gasteiger partial charge in [-0.15, -0.1) is 0 Å². The molecule has 0 amide bonds. The number of hydrogen-bond donors (Lipinski definition) is 1. The van der Waals surface area contributed by atoms with Crippen LogP contribution >= 0.6 is 31.9 Å². The molecule has 1 unspecified atom stereocenters. The molecule has 0 saturated heterocycles. The number of pyridine rings is 1. The first kappa shape index (κ1) is 14.7. The molecule has 0 spiro atoms. The Morgan fingerprint density at radius 2 is 1.62 bits per heavy atom. The highest BCUT2D eigenvalue weighted by molar-refractivity contribution is 9.10. The lowest BCUT2D eigenvalue weighted by molar-refractivity contribution is 0.177. The molecule has 0 aliphatic rings. The second kappa shape index (κ2) is 6.26. The summed E-state index contributed by atoms with van der Waals surface area (Å²) in [6.45, 7) is 0. The Hall–Kier alpha value is -1.23. The first-order chi connectivity index (χ1) is 10.1. The summed E-state index contributed by atoms with van der Waals surface area (Å²) < 4.78 is 2.00. The van der Waals surface area contributed by atoms with E-state index in [-0.39, 0.29) is 0 Å². The predicted octanol–water partition coefficient (Wildman–Crippen LogP) is 5.04. The molecule has 4 heteroatoms. The monoisotopic (exact) mass is 405 g/mol. The summed E-state index contributed by atoms with van der Waals surface area (Å²) in [6, 6.07) is 16.0. The average Bonchev–Trinajstić information content (AvgIpc) is 2.49. The molecule has 3 aromatic rings. The Bertz CT molecular complexity index is 771. The standard InChI is InChI=1S/C17H13Br2NO/c18-14-4-3-11-7-13(2-1-12(11)8-14)17(21)9-16-6-5-15(19)10-20-16/h1-8,10,17,21H,9H2. The van der Waals surface area contributed by atoms with Crippen molar-refractivity contribution in [2.24, 2.45) is 0 Å². The molecule has 1 aromatic heterocycles. The van der Waals surface area contributed by atoms with Gasteiger partial charge < -0.3 is 5.11 Å². The van der Waals surface area contributed by atoms with Gasteiger partial charge in [-0.25, -0.2) is 0 Å². The molecule has 21 heavy (non-hydrogen) atoms. The predicted molar refractivity (Wildman–Crippen MR) is 92.2 cm³/mol. The smallest absolute Gasteiger partial charge is 0.0845 e. The van der Waals surface area contributed by atoms with Crippen molar-refractivity contribution in [2.75, 3.05) is 0 Å². The highest BCUT2D eigenvalue weighted by Gasteiger charge is 2.10. The van der Waals surface area contributed by atoms with E-state index in [1.54, 1.807) is 6.20 Å². The quantitative estimate of drug-likeness (QED) is 0.661. The zero-order valence-electron chi connectivity index (χ0n) is 11.1. The van der Waals surface area contributed by atoms with Gasteiger partial charge in [-0.3, -0.25) is 4.98 Å². The van der Waals surface area contributed by atoms with Crippen LogP contribution in [0.5, 0.6) is 0 Å². The van der Waals surface area contributed by atoms with Gasteiger partial charge in [0.15, 0.2) is 0 Å². The second-order valence-corrected chi connectivity index (χ2v) is 6.77. The highest BCUT2D eigenvalue weighted by Crippen LogP contribution is 2.25. The Labute approximate surface area is 140 Å². The van der Waals surface area contributed by atoms with Gasteiger partial charge >= 0.3 is 0 Å². The Morgan fingerprint density at radius 1 is 0.905 bits per heavy atom. The maximum Gasteiger partial charge on any atom is 0.0845 e. The summed E-state index contributed by atoms with van der Waals surface area (Å²) in [4.78, 5) is 4.30. The number of hydrogen-bond acceptors (Lipinski definition) is 2. The van der Waals surface area contributed by atoms with E-state index in [1.165, 1.54) is 0 Å². The van der Waals surface area contributed by atoms with E-state index in [2.05, 4.69) is 42.9 Å². The van der Waals surface area contributed by atoms with Crippen molar-refractivity contribution in [1.82, 2.24) is 4.98 Å². The minimum Gasteiger partial charge on any atom is -0.388 e. The molecular formula is C17H13Br2NO. The van der Waals surface area contributed by atoms with Crippen LogP contribution in [-0.4, -0.2) is 10.1 Å². The molecule has 1 N–H and O–H groups in total. The van der Waals surface area contributed by atoms with E-state index < -0.39 is 6.10 Å². The van der Waals surface area contributed by atoms with Crippen LogP contribution in [0.25, 0.3) is 10.8 Å². The maximum atomic E-state index is 10.4. The molecule has 0 bridgehead atoms. The zero-order chi connectivity index (χ0) is 14.8. The van der Waals surface area contributed by atoms with Gasteiger partial charge in [0.2, 0.25) is 0 Å². The zero-order valence-corrected chi connectivity index (χ0v) is 14.3. The highest BCUT2D eigenvalue weighted by atomic mass is 79.9. The number of rotatable bonds is 3. The van der Waals surface area contributed by atoms with Gasteiger partial charge in [-0.1, -0.05) is 34.1 Å². The third-order valence-electron chi connectivity index (χ3n) is 3.40. The van der Waals surface area contributed by atoms with E-state index >= 15 is 0 Å². The molecule has 0 fully saturated rings. The molecule has 1 heterocycles. The van der Waals surface area contributed by atoms with E-state index in [4.69, 9.17) is 0 Å². The Morgan fingerprint density at radius 3 is 2.38 bits per heavy atom. The van der Waals surface area contributed by atoms with Crippen molar-refractivity contribution in [3.05, 3.63) is 74.9 Å². The molecule has 0 aliphatic carbocycles. The molecule has 0 saturated carbocycles. The number of aromatic nitrogens is 1. The van der Waals surface area contributed by atoms with Gasteiger partial charge in [0.05, 0.1) is 6.10 Å². The van der Waals surface area contributed by atoms with Crippen LogP contribution in [0.2, 0.25) is 0 Å². The van der Waals surface area contributed by atoms with Gasteiger partial charge in [-0.2, -0.15) is 0 Å². The fourth-order valence-corrected chi connectivity index (χ4v) is 2.90. The van der Waals surface area contributed by atoms with Crippen LogP contribution in [0.4, 0.5) is 0 Å². The van der Waals surface area contributed by atoms with Crippen molar-refractivity contribution in [3.63, 3.8) is 0 Å².